The van der Waals surface area contributed by atoms with Crippen molar-refractivity contribution >= 4 is 23.1 Å². The zero-order valence-corrected chi connectivity index (χ0v) is 15.8. The number of aromatic nitrogens is 1. The summed E-state index contributed by atoms with van der Waals surface area (Å²) < 4.78 is 4.94. The number of hydrogen-bond acceptors (Lipinski definition) is 5. The Morgan fingerprint density at radius 2 is 2.00 bits per heavy atom. The van der Waals surface area contributed by atoms with Crippen LogP contribution >= 0.6 is 0 Å². The third kappa shape index (κ3) is 4.88. The molecule has 0 spiro atoms. The number of amides is 1. The molecule has 0 atom stereocenters. The van der Waals surface area contributed by atoms with Crippen LogP contribution in [0.4, 0.5) is 17.2 Å². The maximum Gasteiger partial charge on any atom is 0.258 e. The molecule has 6 nitrogen and oxygen atoms in total. The molecule has 27 heavy (non-hydrogen) atoms. The van der Waals surface area contributed by atoms with Crippen molar-refractivity contribution in [2.45, 2.75) is 26.4 Å². The average molecular weight is 364 g/mol. The quantitative estimate of drug-likeness (QED) is 0.651. The minimum absolute atomic E-state index is 0.199. The number of carbonyl (C=O) groups is 1. The minimum atomic E-state index is -0.199. The fourth-order valence-electron chi connectivity index (χ4n) is 2.50. The second kappa shape index (κ2) is 8.40. The lowest BCUT2D eigenvalue weighted by Gasteiger charge is -2.22. The number of furan rings is 1. The first-order valence-corrected chi connectivity index (χ1v) is 8.88. The van der Waals surface area contributed by atoms with Gasteiger partial charge in [-0.1, -0.05) is 12.1 Å². The molecule has 1 amide bonds. The zero-order valence-electron chi connectivity index (χ0n) is 15.8. The van der Waals surface area contributed by atoms with E-state index in [2.05, 4.69) is 40.4 Å². The van der Waals surface area contributed by atoms with Crippen molar-refractivity contribution in [2.24, 2.45) is 0 Å². The van der Waals surface area contributed by atoms with Crippen LogP contribution in [0, 0.1) is 0 Å². The summed E-state index contributed by atoms with van der Waals surface area (Å²) in [6.07, 6.45) is 4.78. The highest BCUT2D eigenvalue weighted by Crippen LogP contribution is 2.18. The van der Waals surface area contributed by atoms with E-state index in [1.54, 1.807) is 6.07 Å². The summed E-state index contributed by atoms with van der Waals surface area (Å²) in [6.45, 7) is 4.92. The smallest absolute Gasteiger partial charge is 0.258 e. The maximum absolute atomic E-state index is 12.1. The summed E-state index contributed by atoms with van der Waals surface area (Å²) in [5, 5.41) is 6.21. The first kappa shape index (κ1) is 18.5. The molecule has 6 heteroatoms. The predicted octanol–water partition coefficient (Wildman–Crippen LogP) is 4.38. The summed E-state index contributed by atoms with van der Waals surface area (Å²) >= 11 is 0. The van der Waals surface area contributed by atoms with Gasteiger partial charge in [-0.2, -0.15) is 0 Å². The first-order valence-electron chi connectivity index (χ1n) is 8.88. The molecule has 2 N–H and O–H groups in total. The van der Waals surface area contributed by atoms with E-state index >= 15 is 0 Å². The van der Waals surface area contributed by atoms with Crippen molar-refractivity contribution in [1.29, 1.82) is 0 Å². The van der Waals surface area contributed by atoms with Crippen molar-refractivity contribution in [1.82, 2.24) is 4.98 Å². The predicted molar refractivity (Wildman–Crippen MR) is 108 cm³/mol. The standard InChI is InChI=1S/C21H24N4O2/c1-15(2)25(3)20-8-7-16(13-23-20)12-22-18-5-4-6-19(11-18)24-21(26)17-9-10-27-14-17/h4-11,13-15,22H,12H2,1-3H3,(H,24,26). The van der Waals surface area contributed by atoms with E-state index in [9.17, 15) is 4.79 Å². The number of carbonyl (C=O) groups excluding carboxylic acids is 1. The molecule has 2 aromatic heterocycles. The van der Waals surface area contributed by atoms with Crippen LogP contribution < -0.4 is 15.5 Å². The third-order valence-corrected chi connectivity index (χ3v) is 4.35. The van der Waals surface area contributed by atoms with E-state index in [-0.39, 0.29) is 5.91 Å². The number of pyridine rings is 1. The van der Waals surface area contributed by atoms with Gasteiger partial charge in [0.25, 0.3) is 5.91 Å². The van der Waals surface area contributed by atoms with Gasteiger partial charge in [-0.3, -0.25) is 4.79 Å². The van der Waals surface area contributed by atoms with Crippen LogP contribution in [-0.4, -0.2) is 24.0 Å². The molecule has 1 aromatic carbocycles. The highest BCUT2D eigenvalue weighted by Gasteiger charge is 2.08. The Bertz CT molecular complexity index is 873. The van der Waals surface area contributed by atoms with E-state index < -0.39 is 0 Å². The molecule has 0 radical (unpaired) electrons. The van der Waals surface area contributed by atoms with E-state index in [0.29, 0.717) is 18.2 Å². The lowest BCUT2D eigenvalue weighted by molar-refractivity contribution is 0.102. The lowest BCUT2D eigenvalue weighted by atomic mass is 10.2. The summed E-state index contributed by atoms with van der Waals surface area (Å²) in [5.74, 6) is 0.757. The molecular weight excluding hydrogens is 340 g/mol. The Labute approximate surface area is 159 Å². The minimum Gasteiger partial charge on any atom is -0.472 e. The van der Waals surface area contributed by atoms with Gasteiger partial charge in [0.05, 0.1) is 11.8 Å². The number of anilines is 3. The molecule has 3 aromatic rings. The van der Waals surface area contributed by atoms with Gasteiger partial charge in [0.1, 0.15) is 12.1 Å². The van der Waals surface area contributed by atoms with Crippen LogP contribution in [0.5, 0.6) is 0 Å². The first-order chi connectivity index (χ1) is 13.0. The van der Waals surface area contributed by atoms with Crippen LogP contribution in [0.1, 0.15) is 29.8 Å². The van der Waals surface area contributed by atoms with Crippen LogP contribution in [-0.2, 0) is 6.54 Å². The van der Waals surface area contributed by atoms with Gasteiger partial charge in [0, 0.05) is 37.2 Å². The van der Waals surface area contributed by atoms with Crippen molar-refractivity contribution < 1.29 is 9.21 Å². The highest BCUT2D eigenvalue weighted by molar-refractivity contribution is 6.04. The molecule has 0 aliphatic heterocycles. The number of nitrogens with one attached hydrogen (secondary N) is 2. The van der Waals surface area contributed by atoms with Crippen molar-refractivity contribution in [3.63, 3.8) is 0 Å². The molecule has 0 saturated heterocycles. The Hall–Kier alpha value is -3.28. The van der Waals surface area contributed by atoms with Crippen molar-refractivity contribution in [2.75, 3.05) is 22.6 Å². The summed E-state index contributed by atoms with van der Waals surface area (Å²) in [4.78, 5) is 18.7. The van der Waals surface area contributed by atoms with E-state index in [0.717, 1.165) is 22.8 Å². The second-order valence-corrected chi connectivity index (χ2v) is 6.63. The molecule has 3 rings (SSSR count). The zero-order chi connectivity index (χ0) is 19.2. The van der Waals surface area contributed by atoms with Gasteiger partial charge in [0.2, 0.25) is 0 Å². The second-order valence-electron chi connectivity index (χ2n) is 6.63. The van der Waals surface area contributed by atoms with E-state index in [4.69, 9.17) is 4.42 Å². The molecule has 0 aliphatic rings. The SMILES string of the molecule is CC(C)N(C)c1ccc(CNc2cccc(NC(=O)c3ccoc3)c2)cn1. The fraction of sp³-hybridized carbons (Fsp3) is 0.238. The van der Waals surface area contributed by atoms with Crippen molar-refractivity contribution in [3.05, 3.63) is 72.3 Å². The normalized spacial score (nSPS) is 10.7. The van der Waals surface area contributed by atoms with Gasteiger partial charge in [-0.15, -0.1) is 0 Å². The Morgan fingerprint density at radius 1 is 1.19 bits per heavy atom. The molecule has 0 aliphatic carbocycles. The van der Waals surface area contributed by atoms with Gasteiger partial charge < -0.3 is 20.0 Å². The van der Waals surface area contributed by atoms with Crippen LogP contribution in [0.3, 0.4) is 0 Å². The third-order valence-electron chi connectivity index (χ3n) is 4.35. The average Bonchev–Trinajstić information content (AvgIpc) is 3.21. The van der Waals surface area contributed by atoms with Gasteiger partial charge in [-0.25, -0.2) is 4.98 Å². The number of nitrogens with zero attached hydrogens (tertiary/aromatic N) is 2. The molecule has 2 heterocycles. The topological polar surface area (TPSA) is 70.4 Å². The Morgan fingerprint density at radius 3 is 2.67 bits per heavy atom. The van der Waals surface area contributed by atoms with Crippen molar-refractivity contribution in [3.8, 4) is 0 Å². The number of hydrogen-bond donors (Lipinski definition) is 2. The van der Waals surface area contributed by atoms with Crippen LogP contribution in [0.2, 0.25) is 0 Å². The lowest BCUT2D eigenvalue weighted by Crippen LogP contribution is -2.26. The number of rotatable bonds is 7. The Balaban J connectivity index is 1.59. The largest absolute Gasteiger partial charge is 0.472 e. The molecule has 0 unspecified atom stereocenters. The van der Waals surface area contributed by atoms with Gasteiger partial charge >= 0.3 is 0 Å². The molecule has 140 valence electrons. The van der Waals surface area contributed by atoms with E-state index in [1.807, 2.05) is 43.6 Å². The Kier molecular flexibility index (Phi) is 5.76. The number of benzene rings is 1. The van der Waals surface area contributed by atoms with Gasteiger partial charge in [0.15, 0.2) is 0 Å². The molecule has 0 bridgehead atoms. The summed E-state index contributed by atoms with van der Waals surface area (Å²) in [7, 11) is 2.04. The fourth-order valence-corrected chi connectivity index (χ4v) is 2.50. The van der Waals surface area contributed by atoms with Crippen LogP contribution in [0.25, 0.3) is 0 Å². The van der Waals surface area contributed by atoms with E-state index in [1.165, 1.54) is 12.5 Å². The van der Waals surface area contributed by atoms with Gasteiger partial charge in [-0.05, 0) is 49.7 Å². The summed E-state index contributed by atoms with van der Waals surface area (Å²) in [5.41, 5.74) is 3.22. The highest BCUT2D eigenvalue weighted by atomic mass is 16.3. The maximum atomic E-state index is 12.1. The molecule has 0 saturated carbocycles. The summed E-state index contributed by atoms with van der Waals surface area (Å²) in [6, 6.07) is 13.7. The molecular formula is C21H24N4O2. The van der Waals surface area contributed by atoms with Crippen LogP contribution in [0.15, 0.2) is 65.6 Å². The molecule has 0 fully saturated rings. The monoisotopic (exact) mass is 364 g/mol.